The number of hydrogen-bond acceptors (Lipinski definition) is 7. The molecular formula is C21H24F6N4O6. The van der Waals surface area contributed by atoms with Crippen molar-refractivity contribution >= 4 is 11.9 Å². The average Bonchev–Trinajstić information content (AvgIpc) is 3.40. The third-order valence-corrected chi connectivity index (χ3v) is 5.20. The van der Waals surface area contributed by atoms with E-state index in [9.17, 15) is 26.3 Å². The molecule has 1 aliphatic carbocycles. The van der Waals surface area contributed by atoms with Crippen LogP contribution in [0.4, 0.5) is 26.3 Å². The molecule has 0 radical (unpaired) electrons. The van der Waals surface area contributed by atoms with Crippen LogP contribution in [0.2, 0.25) is 0 Å². The number of nitrogens with zero attached hydrogens (tertiary/aromatic N) is 4. The molecule has 37 heavy (non-hydrogen) atoms. The van der Waals surface area contributed by atoms with Crippen LogP contribution in [0.25, 0.3) is 0 Å². The van der Waals surface area contributed by atoms with Crippen LogP contribution < -0.4 is 4.74 Å². The Balaban J connectivity index is 0.000000286. The molecule has 1 saturated carbocycles. The number of alkyl halides is 6. The highest BCUT2D eigenvalue weighted by Crippen LogP contribution is 2.33. The fraction of sp³-hybridized carbons (Fsp3) is 0.524. The number of aryl methyl sites for hydroxylation is 1. The highest BCUT2D eigenvalue weighted by Gasteiger charge is 2.44. The zero-order valence-electron chi connectivity index (χ0n) is 19.3. The number of halogens is 6. The Bertz CT molecular complexity index is 993. The number of morpholine rings is 1. The lowest BCUT2D eigenvalue weighted by Crippen LogP contribution is -2.51. The lowest BCUT2D eigenvalue weighted by Gasteiger charge is -2.38. The molecule has 3 heterocycles. The summed E-state index contributed by atoms with van der Waals surface area (Å²) in [6.45, 7) is 2.65. The monoisotopic (exact) mass is 542 g/mol. The Morgan fingerprint density at radius 3 is 2.22 bits per heavy atom. The molecule has 0 unspecified atom stereocenters. The molecular weight excluding hydrogens is 518 g/mol. The van der Waals surface area contributed by atoms with Gasteiger partial charge in [-0.25, -0.2) is 9.59 Å². The number of aliphatic carboxylic acids is 2. The normalized spacial score (nSPS) is 21.5. The maximum atomic E-state index is 10.6. The molecule has 1 aliphatic heterocycles. The minimum absolute atomic E-state index is 0.112. The van der Waals surface area contributed by atoms with E-state index in [4.69, 9.17) is 29.3 Å². The van der Waals surface area contributed by atoms with Gasteiger partial charge in [-0.2, -0.15) is 31.4 Å². The zero-order chi connectivity index (χ0) is 27.8. The van der Waals surface area contributed by atoms with Crippen LogP contribution in [-0.4, -0.2) is 85.6 Å². The minimum atomic E-state index is -5.08. The van der Waals surface area contributed by atoms with Gasteiger partial charge in [-0.1, -0.05) is 0 Å². The number of hydrogen-bond donors (Lipinski definition) is 2. The van der Waals surface area contributed by atoms with Crippen molar-refractivity contribution in [2.24, 2.45) is 7.05 Å². The Kier molecular flexibility index (Phi) is 10.2. The van der Waals surface area contributed by atoms with Gasteiger partial charge in [0, 0.05) is 44.1 Å². The van der Waals surface area contributed by atoms with E-state index in [1.807, 2.05) is 30.1 Å². The summed E-state index contributed by atoms with van der Waals surface area (Å²) < 4.78 is 77.5. The molecule has 0 amide bonds. The lowest BCUT2D eigenvalue weighted by molar-refractivity contribution is -0.193. The van der Waals surface area contributed by atoms with E-state index >= 15 is 0 Å². The van der Waals surface area contributed by atoms with E-state index < -0.39 is 24.3 Å². The topological polar surface area (TPSA) is 127 Å². The fourth-order valence-electron chi connectivity index (χ4n) is 3.69. The summed E-state index contributed by atoms with van der Waals surface area (Å²) in [6, 6.07) is 4.28. The van der Waals surface area contributed by atoms with E-state index in [0.717, 1.165) is 38.3 Å². The van der Waals surface area contributed by atoms with Gasteiger partial charge in [0.05, 0.1) is 19.0 Å². The first-order valence-corrected chi connectivity index (χ1v) is 10.7. The van der Waals surface area contributed by atoms with Gasteiger partial charge in [-0.15, -0.1) is 0 Å². The molecule has 4 rings (SSSR count). The Hall–Kier alpha value is -3.40. The van der Waals surface area contributed by atoms with E-state index in [0.29, 0.717) is 6.04 Å². The van der Waals surface area contributed by atoms with Gasteiger partial charge in [-0.05, 0) is 25.0 Å². The molecule has 2 N–H and O–H groups in total. The first-order valence-electron chi connectivity index (χ1n) is 10.7. The highest BCUT2D eigenvalue weighted by molar-refractivity contribution is 5.73. The number of carbonyl (C=O) groups is 2. The number of rotatable bonds is 4. The number of ether oxygens (including phenoxy) is 2. The van der Waals surface area contributed by atoms with E-state index in [1.54, 1.807) is 12.4 Å². The van der Waals surface area contributed by atoms with Crippen LogP contribution in [0.15, 0.2) is 36.9 Å². The average molecular weight is 542 g/mol. The van der Waals surface area contributed by atoms with Crippen molar-refractivity contribution in [3.05, 3.63) is 42.5 Å². The summed E-state index contributed by atoms with van der Waals surface area (Å²) in [7, 11) is 1.96. The highest BCUT2D eigenvalue weighted by atomic mass is 19.4. The smallest absolute Gasteiger partial charge is 0.486 e. The molecule has 206 valence electrons. The molecule has 2 aliphatic rings. The predicted molar refractivity (Wildman–Crippen MR) is 112 cm³/mol. The first-order chi connectivity index (χ1) is 17.2. The van der Waals surface area contributed by atoms with Crippen LogP contribution in [0, 0.1) is 0 Å². The van der Waals surface area contributed by atoms with Gasteiger partial charge in [-0.3, -0.25) is 14.6 Å². The van der Waals surface area contributed by atoms with Crippen molar-refractivity contribution < 1.29 is 55.6 Å². The van der Waals surface area contributed by atoms with Gasteiger partial charge in [0.2, 0.25) is 0 Å². The molecule has 0 aromatic carbocycles. The molecule has 0 bridgehead atoms. The third-order valence-electron chi connectivity index (χ3n) is 5.20. The van der Waals surface area contributed by atoms with Crippen LogP contribution in [0.1, 0.15) is 18.4 Å². The summed E-state index contributed by atoms with van der Waals surface area (Å²) in [5.74, 6) is -4.69. The number of aromatic nitrogens is 3. The summed E-state index contributed by atoms with van der Waals surface area (Å²) in [6.07, 6.45) is -0.224. The Labute approximate surface area is 206 Å². The molecule has 10 nitrogen and oxygen atoms in total. The molecule has 16 heteroatoms. The van der Waals surface area contributed by atoms with Crippen LogP contribution >= 0.6 is 0 Å². The number of fused-ring (bicyclic) bond motifs is 1. The van der Waals surface area contributed by atoms with E-state index in [1.165, 1.54) is 5.56 Å². The van der Waals surface area contributed by atoms with Gasteiger partial charge < -0.3 is 19.7 Å². The molecule has 0 spiro atoms. The SMILES string of the molecule is Cn1cc(CN2CCO[C@H]3[C@H](Oc4cccnc4)CC[C@@H]32)cn1.O=C(O)C(F)(F)F.O=C(O)C(F)(F)F. The number of carboxylic acids is 2. The van der Waals surface area contributed by atoms with Crippen molar-refractivity contribution in [1.29, 1.82) is 0 Å². The maximum Gasteiger partial charge on any atom is 0.490 e. The zero-order valence-corrected chi connectivity index (χ0v) is 19.3. The van der Waals surface area contributed by atoms with Gasteiger partial charge in [0.15, 0.2) is 0 Å². The second-order valence-electron chi connectivity index (χ2n) is 7.92. The quantitative estimate of drug-likeness (QED) is 0.561. The third kappa shape index (κ3) is 9.53. The second-order valence-corrected chi connectivity index (χ2v) is 7.92. The Morgan fingerprint density at radius 2 is 1.73 bits per heavy atom. The van der Waals surface area contributed by atoms with Gasteiger partial charge in [0.25, 0.3) is 0 Å². The van der Waals surface area contributed by atoms with Crippen molar-refractivity contribution in [2.75, 3.05) is 13.2 Å². The summed E-state index contributed by atoms with van der Waals surface area (Å²) in [4.78, 5) is 24.4. The molecule has 2 aromatic heterocycles. The van der Waals surface area contributed by atoms with Crippen molar-refractivity contribution in [3.8, 4) is 5.75 Å². The second kappa shape index (κ2) is 12.7. The van der Waals surface area contributed by atoms with Gasteiger partial charge in [0.1, 0.15) is 18.0 Å². The fourth-order valence-corrected chi connectivity index (χ4v) is 3.69. The van der Waals surface area contributed by atoms with Crippen LogP contribution in [0.5, 0.6) is 5.75 Å². The van der Waals surface area contributed by atoms with Gasteiger partial charge >= 0.3 is 24.3 Å². The van der Waals surface area contributed by atoms with Crippen LogP contribution in [-0.2, 0) is 27.9 Å². The van der Waals surface area contributed by atoms with Crippen molar-refractivity contribution in [1.82, 2.24) is 19.7 Å². The molecule has 2 aromatic rings. The predicted octanol–water partition coefficient (Wildman–Crippen LogP) is 2.89. The first kappa shape index (κ1) is 29.8. The molecule has 2 fully saturated rings. The molecule has 1 saturated heterocycles. The summed E-state index contributed by atoms with van der Waals surface area (Å²) in [5, 5.41) is 18.5. The van der Waals surface area contributed by atoms with Crippen molar-refractivity contribution in [2.45, 2.75) is 50.0 Å². The maximum absolute atomic E-state index is 10.6. The minimum Gasteiger partial charge on any atom is -0.486 e. The van der Waals surface area contributed by atoms with E-state index in [-0.39, 0.29) is 12.2 Å². The Morgan fingerprint density at radius 1 is 1.11 bits per heavy atom. The lowest BCUT2D eigenvalue weighted by atomic mass is 10.1. The van der Waals surface area contributed by atoms with E-state index in [2.05, 4.69) is 21.2 Å². The summed E-state index contributed by atoms with van der Waals surface area (Å²) >= 11 is 0. The summed E-state index contributed by atoms with van der Waals surface area (Å²) in [5.41, 5.74) is 1.25. The largest absolute Gasteiger partial charge is 0.490 e. The van der Waals surface area contributed by atoms with Crippen LogP contribution in [0.3, 0.4) is 0 Å². The number of carboxylic acid groups (broad SMARTS) is 2. The molecule has 3 atom stereocenters. The number of pyridine rings is 1. The van der Waals surface area contributed by atoms with Crippen molar-refractivity contribution in [3.63, 3.8) is 0 Å². The standard InChI is InChI=1S/C17H22N4O2.2C2HF3O2/c1-20-11-13(9-19-20)12-21-7-8-22-17-15(21)4-5-16(17)23-14-3-2-6-18-10-14;2*3-2(4,5)1(6)7/h2-3,6,9-11,15-17H,4-5,7-8,12H2,1H3;2*(H,6,7)/t15-,16+,17+;;/m0../s1.